The Labute approximate surface area is 101 Å². The fourth-order valence-electron chi connectivity index (χ4n) is 1.71. The summed E-state index contributed by atoms with van der Waals surface area (Å²) >= 11 is 1.80. The number of aromatic nitrogens is 1. The van der Waals surface area contributed by atoms with Gasteiger partial charge in [-0.2, -0.15) is 0 Å². The van der Waals surface area contributed by atoms with E-state index in [2.05, 4.69) is 37.0 Å². The second-order valence-corrected chi connectivity index (χ2v) is 5.50. The number of rotatable bonds is 4. The summed E-state index contributed by atoms with van der Waals surface area (Å²) in [6, 6.07) is 6.58. The average molecular weight is 234 g/mol. The summed E-state index contributed by atoms with van der Waals surface area (Å²) in [7, 11) is 0. The van der Waals surface area contributed by atoms with Crippen LogP contribution in [0, 0.1) is 0 Å². The van der Waals surface area contributed by atoms with Gasteiger partial charge in [-0.05, 0) is 36.6 Å². The van der Waals surface area contributed by atoms with E-state index in [1.54, 1.807) is 11.3 Å². The largest absolute Gasteiger partial charge is 0.330 e. The van der Waals surface area contributed by atoms with Gasteiger partial charge < -0.3 is 5.73 Å². The molecule has 0 unspecified atom stereocenters. The Morgan fingerprint density at radius 2 is 2.19 bits per heavy atom. The number of nitrogens with two attached hydrogens (primary N) is 1. The molecular weight excluding hydrogens is 216 g/mol. The molecule has 3 heteroatoms. The number of nitrogens with zero attached hydrogens (tertiary/aromatic N) is 1. The lowest BCUT2D eigenvalue weighted by molar-refractivity contribution is 0.828. The van der Waals surface area contributed by atoms with E-state index in [0.29, 0.717) is 5.92 Å². The molecule has 0 saturated carbocycles. The van der Waals surface area contributed by atoms with Crippen LogP contribution in [-0.4, -0.2) is 11.5 Å². The number of fused-ring (bicyclic) bond motifs is 1. The number of aryl methyl sites for hydroxylation is 1. The molecule has 0 radical (unpaired) electrons. The van der Waals surface area contributed by atoms with Gasteiger partial charge in [0.05, 0.1) is 15.2 Å². The molecule has 0 atom stereocenters. The van der Waals surface area contributed by atoms with Crippen LogP contribution < -0.4 is 5.73 Å². The van der Waals surface area contributed by atoms with Gasteiger partial charge in [-0.3, -0.25) is 0 Å². The van der Waals surface area contributed by atoms with Crippen molar-refractivity contribution in [3.63, 3.8) is 0 Å². The van der Waals surface area contributed by atoms with Crippen LogP contribution in [0.3, 0.4) is 0 Å². The lowest BCUT2D eigenvalue weighted by Gasteiger charge is -2.03. The van der Waals surface area contributed by atoms with Crippen LogP contribution in [0.4, 0.5) is 0 Å². The second-order valence-electron chi connectivity index (χ2n) is 4.38. The lowest BCUT2D eigenvalue weighted by atomic mass is 10.0. The van der Waals surface area contributed by atoms with Gasteiger partial charge in [0.25, 0.3) is 0 Å². The highest BCUT2D eigenvalue weighted by Gasteiger charge is 2.06. The van der Waals surface area contributed by atoms with Gasteiger partial charge in [0.2, 0.25) is 0 Å². The SMILES string of the molecule is CC(C)c1ccc2nc(CCCN)sc2c1. The topological polar surface area (TPSA) is 38.9 Å². The quantitative estimate of drug-likeness (QED) is 0.881. The van der Waals surface area contributed by atoms with E-state index in [1.807, 2.05) is 0 Å². The first-order valence-corrected chi connectivity index (χ1v) is 6.62. The van der Waals surface area contributed by atoms with E-state index in [1.165, 1.54) is 15.3 Å². The van der Waals surface area contributed by atoms with Crippen molar-refractivity contribution in [2.75, 3.05) is 6.54 Å². The molecular formula is C13H18N2S. The van der Waals surface area contributed by atoms with Crippen LogP contribution in [0.25, 0.3) is 10.2 Å². The van der Waals surface area contributed by atoms with Crippen molar-refractivity contribution in [1.29, 1.82) is 0 Å². The first-order valence-electron chi connectivity index (χ1n) is 5.80. The summed E-state index contributed by atoms with van der Waals surface area (Å²) in [5, 5.41) is 1.21. The fraction of sp³-hybridized carbons (Fsp3) is 0.462. The van der Waals surface area contributed by atoms with Gasteiger partial charge in [0.1, 0.15) is 0 Å². The van der Waals surface area contributed by atoms with Gasteiger partial charge >= 0.3 is 0 Å². The number of benzene rings is 1. The minimum Gasteiger partial charge on any atom is -0.330 e. The van der Waals surface area contributed by atoms with Gasteiger partial charge in [-0.25, -0.2) is 4.98 Å². The third kappa shape index (κ3) is 2.42. The molecule has 2 nitrogen and oxygen atoms in total. The van der Waals surface area contributed by atoms with Crippen LogP contribution in [0.1, 0.15) is 36.8 Å². The molecule has 2 aromatic rings. The maximum Gasteiger partial charge on any atom is 0.0939 e. The van der Waals surface area contributed by atoms with Crippen LogP contribution in [0.2, 0.25) is 0 Å². The van der Waals surface area contributed by atoms with Crippen molar-refractivity contribution in [1.82, 2.24) is 4.98 Å². The summed E-state index contributed by atoms with van der Waals surface area (Å²) in [5.74, 6) is 0.582. The van der Waals surface area contributed by atoms with E-state index < -0.39 is 0 Å². The zero-order valence-corrected chi connectivity index (χ0v) is 10.7. The Kier molecular flexibility index (Phi) is 3.56. The number of thiazole rings is 1. The Morgan fingerprint density at radius 3 is 2.88 bits per heavy atom. The van der Waals surface area contributed by atoms with Crippen molar-refractivity contribution in [3.05, 3.63) is 28.8 Å². The Balaban J connectivity index is 2.30. The summed E-state index contributed by atoms with van der Waals surface area (Å²) in [6.07, 6.45) is 2.03. The van der Waals surface area contributed by atoms with Gasteiger partial charge in [-0.1, -0.05) is 19.9 Å². The Hall–Kier alpha value is -0.930. The van der Waals surface area contributed by atoms with E-state index in [9.17, 15) is 0 Å². The molecule has 0 aliphatic heterocycles. The van der Waals surface area contributed by atoms with E-state index in [4.69, 9.17) is 5.73 Å². The molecule has 2 rings (SSSR count). The molecule has 0 aliphatic rings. The Morgan fingerprint density at radius 1 is 1.38 bits per heavy atom. The van der Waals surface area contributed by atoms with Crippen LogP contribution in [0.5, 0.6) is 0 Å². The smallest absolute Gasteiger partial charge is 0.0939 e. The lowest BCUT2D eigenvalue weighted by Crippen LogP contribution is -1.99. The van der Waals surface area contributed by atoms with E-state index in [0.717, 1.165) is 24.9 Å². The molecule has 1 aromatic carbocycles. The normalized spacial score (nSPS) is 11.5. The summed E-state index contributed by atoms with van der Waals surface area (Å²) in [5.41, 5.74) is 8.03. The molecule has 86 valence electrons. The molecule has 2 N–H and O–H groups in total. The summed E-state index contributed by atoms with van der Waals surface area (Å²) in [6.45, 7) is 5.18. The van der Waals surface area contributed by atoms with Crippen molar-refractivity contribution in [2.24, 2.45) is 5.73 Å². The highest BCUT2D eigenvalue weighted by Crippen LogP contribution is 2.26. The molecule has 0 fully saturated rings. The van der Waals surface area contributed by atoms with Gasteiger partial charge in [0.15, 0.2) is 0 Å². The van der Waals surface area contributed by atoms with Gasteiger partial charge in [-0.15, -0.1) is 11.3 Å². The van der Waals surface area contributed by atoms with Crippen molar-refractivity contribution in [3.8, 4) is 0 Å². The van der Waals surface area contributed by atoms with Crippen LogP contribution >= 0.6 is 11.3 Å². The monoisotopic (exact) mass is 234 g/mol. The molecule has 0 bridgehead atoms. The van der Waals surface area contributed by atoms with Crippen LogP contribution in [-0.2, 0) is 6.42 Å². The number of hydrogen-bond acceptors (Lipinski definition) is 3. The predicted molar refractivity (Wildman–Crippen MR) is 71.1 cm³/mol. The molecule has 0 spiro atoms. The molecule has 0 amide bonds. The fourth-order valence-corrected chi connectivity index (χ4v) is 2.77. The third-order valence-electron chi connectivity index (χ3n) is 2.72. The average Bonchev–Trinajstić information content (AvgIpc) is 2.67. The third-order valence-corrected chi connectivity index (χ3v) is 3.80. The standard InChI is InChI=1S/C13H18N2S/c1-9(2)10-5-6-11-12(8-10)16-13(15-11)4-3-7-14/h5-6,8-9H,3-4,7,14H2,1-2H3. The highest BCUT2D eigenvalue weighted by atomic mass is 32.1. The molecule has 1 aromatic heterocycles. The summed E-state index contributed by atoms with van der Waals surface area (Å²) in [4.78, 5) is 4.61. The van der Waals surface area contributed by atoms with Crippen molar-refractivity contribution >= 4 is 21.6 Å². The Bertz CT molecular complexity index is 474. The molecule has 0 saturated heterocycles. The molecule has 1 heterocycles. The minimum absolute atomic E-state index is 0.582. The summed E-state index contributed by atoms with van der Waals surface area (Å²) < 4.78 is 1.30. The first kappa shape index (κ1) is 11.6. The van der Waals surface area contributed by atoms with Gasteiger partial charge in [0, 0.05) is 6.42 Å². The maximum absolute atomic E-state index is 5.51. The first-order chi connectivity index (χ1) is 7.70. The second kappa shape index (κ2) is 4.93. The number of hydrogen-bond donors (Lipinski definition) is 1. The zero-order valence-electron chi connectivity index (χ0n) is 9.86. The zero-order chi connectivity index (χ0) is 11.5. The van der Waals surface area contributed by atoms with E-state index in [-0.39, 0.29) is 0 Å². The van der Waals surface area contributed by atoms with Crippen molar-refractivity contribution < 1.29 is 0 Å². The van der Waals surface area contributed by atoms with E-state index >= 15 is 0 Å². The van der Waals surface area contributed by atoms with Crippen LogP contribution in [0.15, 0.2) is 18.2 Å². The molecule has 0 aliphatic carbocycles. The maximum atomic E-state index is 5.51. The molecule has 16 heavy (non-hydrogen) atoms. The highest BCUT2D eigenvalue weighted by molar-refractivity contribution is 7.18. The predicted octanol–water partition coefficient (Wildman–Crippen LogP) is 3.31. The minimum atomic E-state index is 0.582. The van der Waals surface area contributed by atoms with Crippen molar-refractivity contribution in [2.45, 2.75) is 32.6 Å².